The SMILES string of the molecule is CNCCC1(CCc2cc(Br)c(Br)s2)CCCCC1. The normalized spacial score (nSPS) is 18.7. The summed E-state index contributed by atoms with van der Waals surface area (Å²) in [5.74, 6) is 0. The van der Waals surface area contributed by atoms with Crippen molar-refractivity contribution in [1.82, 2.24) is 5.32 Å². The first-order chi connectivity index (χ1) is 9.15. The fourth-order valence-electron chi connectivity index (χ4n) is 3.22. The van der Waals surface area contributed by atoms with Crippen LogP contribution < -0.4 is 5.32 Å². The van der Waals surface area contributed by atoms with Gasteiger partial charge < -0.3 is 5.32 Å². The van der Waals surface area contributed by atoms with Gasteiger partial charge in [0, 0.05) is 9.35 Å². The lowest BCUT2D eigenvalue weighted by molar-refractivity contribution is 0.158. The maximum absolute atomic E-state index is 3.60. The number of hydrogen-bond acceptors (Lipinski definition) is 2. The van der Waals surface area contributed by atoms with Crippen LogP contribution in [0.5, 0.6) is 0 Å². The molecule has 1 aliphatic rings. The Balaban J connectivity index is 1.95. The zero-order valence-electron chi connectivity index (χ0n) is 11.6. The topological polar surface area (TPSA) is 12.0 Å². The zero-order valence-corrected chi connectivity index (χ0v) is 15.6. The van der Waals surface area contributed by atoms with Gasteiger partial charge >= 0.3 is 0 Å². The molecule has 1 aromatic heterocycles. The Labute approximate surface area is 137 Å². The molecule has 1 N–H and O–H groups in total. The number of halogens is 2. The quantitative estimate of drug-likeness (QED) is 0.630. The molecule has 0 unspecified atom stereocenters. The van der Waals surface area contributed by atoms with E-state index in [-0.39, 0.29) is 0 Å². The average Bonchev–Trinajstić information content (AvgIpc) is 2.75. The van der Waals surface area contributed by atoms with Gasteiger partial charge in [-0.25, -0.2) is 0 Å². The molecule has 0 aromatic carbocycles. The van der Waals surface area contributed by atoms with Gasteiger partial charge in [0.15, 0.2) is 0 Å². The second kappa shape index (κ2) is 7.58. The highest BCUT2D eigenvalue weighted by atomic mass is 79.9. The Hall–Kier alpha value is 0.620. The smallest absolute Gasteiger partial charge is 0.0843 e. The lowest BCUT2D eigenvalue weighted by atomic mass is 9.69. The summed E-state index contributed by atoms with van der Waals surface area (Å²) in [6.45, 7) is 1.16. The van der Waals surface area contributed by atoms with Gasteiger partial charge in [0.25, 0.3) is 0 Å². The standard InChI is InChI=1S/C15H23Br2NS/c1-18-10-9-15(6-3-2-4-7-15)8-5-12-11-13(16)14(17)19-12/h11,18H,2-10H2,1H3. The third-order valence-corrected chi connectivity index (χ3v) is 7.73. The molecule has 0 atom stereocenters. The summed E-state index contributed by atoms with van der Waals surface area (Å²) in [6.07, 6.45) is 11.1. The fraction of sp³-hybridized carbons (Fsp3) is 0.733. The molecule has 1 nitrogen and oxygen atoms in total. The Morgan fingerprint density at radius 1 is 1.21 bits per heavy atom. The van der Waals surface area contributed by atoms with Crippen molar-refractivity contribution in [3.63, 3.8) is 0 Å². The van der Waals surface area contributed by atoms with Crippen molar-refractivity contribution in [3.8, 4) is 0 Å². The molecule has 0 aliphatic heterocycles. The van der Waals surface area contributed by atoms with Gasteiger partial charge in [0.05, 0.1) is 3.79 Å². The van der Waals surface area contributed by atoms with Crippen LogP contribution in [0.2, 0.25) is 0 Å². The number of nitrogens with one attached hydrogen (secondary N) is 1. The summed E-state index contributed by atoms with van der Waals surface area (Å²) in [6, 6.07) is 2.28. The van der Waals surface area contributed by atoms with E-state index in [0.29, 0.717) is 5.41 Å². The van der Waals surface area contributed by atoms with E-state index in [2.05, 4.69) is 50.3 Å². The lowest BCUT2D eigenvalue weighted by Crippen LogP contribution is -2.28. The van der Waals surface area contributed by atoms with Crippen LogP contribution in [0.3, 0.4) is 0 Å². The molecule has 0 bridgehead atoms. The maximum Gasteiger partial charge on any atom is 0.0843 e. The van der Waals surface area contributed by atoms with Crippen LogP contribution in [0.15, 0.2) is 14.3 Å². The van der Waals surface area contributed by atoms with E-state index in [9.17, 15) is 0 Å². The Kier molecular flexibility index (Phi) is 6.38. The van der Waals surface area contributed by atoms with Gasteiger partial charge in [-0.2, -0.15) is 0 Å². The molecule has 19 heavy (non-hydrogen) atoms. The third-order valence-electron chi connectivity index (χ3n) is 4.42. The highest BCUT2D eigenvalue weighted by molar-refractivity contribution is 9.13. The van der Waals surface area contributed by atoms with Crippen molar-refractivity contribution in [2.45, 2.75) is 51.4 Å². The minimum absolute atomic E-state index is 0.601. The summed E-state index contributed by atoms with van der Waals surface area (Å²) in [4.78, 5) is 1.51. The number of rotatable bonds is 6. The first-order valence-electron chi connectivity index (χ1n) is 7.23. The van der Waals surface area contributed by atoms with Crippen molar-refractivity contribution in [1.29, 1.82) is 0 Å². The van der Waals surface area contributed by atoms with Gasteiger partial charge in [-0.15, -0.1) is 11.3 Å². The molecule has 0 amide bonds. The molecule has 0 spiro atoms. The van der Waals surface area contributed by atoms with Crippen LogP contribution in [-0.4, -0.2) is 13.6 Å². The highest BCUT2D eigenvalue weighted by Crippen LogP contribution is 2.44. The third kappa shape index (κ3) is 4.55. The van der Waals surface area contributed by atoms with Crippen LogP contribution in [0.1, 0.15) is 49.8 Å². The Morgan fingerprint density at radius 2 is 1.95 bits per heavy atom. The summed E-state index contributed by atoms with van der Waals surface area (Å²) < 4.78 is 2.44. The van der Waals surface area contributed by atoms with E-state index in [1.54, 1.807) is 0 Å². The Morgan fingerprint density at radius 3 is 2.53 bits per heavy atom. The van der Waals surface area contributed by atoms with Crippen LogP contribution in [0, 0.1) is 5.41 Å². The van der Waals surface area contributed by atoms with Crippen LogP contribution >= 0.6 is 43.2 Å². The second-order valence-electron chi connectivity index (χ2n) is 5.75. The molecule has 4 heteroatoms. The lowest BCUT2D eigenvalue weighted by Gasteiger charge is -2.37. The minimum Gasteiger partial charge on any atom is -0.320 e. The molecule has 1 aromatic rings. The molecule has 0 radical (unpaired) electrons. The number of aryl methyl sites for hydroxylation is 1. The predicted octanol–water partition coefficient (Wildman–Crippen LogP) is 5.77. The molecule has 1 heterocycles. The summed E-state index contributed by atoms with van der Waals surface area (Å²) in [5, 5.41) is 3.34. The second-order valence-corrected chi connectivity index (χ2v) is 9.06. The molecule has 1 fully saturated rings. The Bertz CT molecular complexity index is 377. The van der Waals surface area contributed by atoms with E-state index in [4.69, 9.17) is 0 Å². The van der Waals surface area contributed by atoms with Crippen LogP contribution in [0.25, 0.3) is 0 Å². The predicted molar refractivity (Wildman–Crippen MR) is 92.1 cm³/mol. The zero-order chi connectivity index (χ0) is 13.7. The van der Waals surface area contributed by atoms with Gasteiger partial charge in [-0.3, -0.25) is 0 Å². The van der Waals surface area contributed by atoms with E-state index < -0.39 is 0 Å². The summed E-state index contributed by atoms with van der Waals surface area (Å²) in [7, 11) is 2.07. The van der Waals surface area contributed by atoms with Crippen LogP contribution in [-0.2, 0) is 6.42 Å². The largest absolute Gasteiger partial charge is 0.320 e. The van der Waals surface area contributed by atoms with Crippen molar-refractivity contribution in [2.75, 3.05) is 13.6 Å². The first-order valence-corrected chi connectivity index (χ1v) is 9.64. The highest BCUT2D eigenvalue weighted by Gasteiger charge is 2.31. The monoisotopic (exact) mass is 407 g/mol. The average molecular weight is 409 g/mol. The van der Waals surface area contributed by atoms with E-state index in [0.717, 1.165) is 6.54 Å². The minimum atomic E-state index is 0.601. The van der Waals surface area contributed by atoms with Gasteiger partial charge in [0.1, 0.15) is 0 Å². The van der Waals surface area contributed by atoms with Gasteiger partial charge in [0.2, 0.25) is 0 Å². The van der Waals surface area contributed by atoms with E-state index >= 15 is 0 Å². The molecule has 0 saturated heterocycles. The molecular formula is C15H23Br2NS. The van der Waals surface area contributed by atoms with Gasteiger partial charge in [-0.1, -0.05) is 19.3 Å². The molecule has 1 aliphatic carbocycles. The van der Waals surface area contributed by atoms with Gasteiger partial charge in [-0.05, 0) is 89.0 Å². The number of thiophene rings is 1. The van der Waals surface area contributed by atoms with Crippen molar-refractivity contribution in [2.24, 2.45) is 5.41 Å². The first kappa shape index (κ1) is 16.0. The number of hydrogen-bond donors (Lipinski definition) is 1. The summed E-state index contributed by atoms with van der Waals surface area (Å²) >= 11 is 9.07. The van der Waals surface area contributed by atoms with Crippen molar-refractivity contribution in [3.05, 3.63) is 19.2 Å². The fourth-order valence-corrected chi connectivity index (χ4v) is 5.40. The molecule has 1 saturated carbocycles. The molecule has 108 valence electrons. The maximum atomic E-state index is 3.60. The molecule has 2 rings (SSSR count). The van der Waals surface area contributed by atoms with Crippen molar-refractivity contribution >= 4 is 43.2 Å². The van der Waals surface area contributed by atoms with E-state index in [1.807, 2.05) is 11.3 Å². The van der Waals surface area contributed by atoms with Crippen molar-refractivity contribution < 1.29 is 0 Å². The van der Waals surface area contributed by atoms with E-state index in [1.165, 1.54) is 64.5 Å². The molecular weight excluding hydrogens is 386 g/mol. The summed E-state index contributed by atoms with van der Waals surface area (Å²) in [5.41, 5.74) is 0.601. The van der Waals surface area contributed by atoms with Crippen LogP contribution in [0.4, 0.5) is 0 Å².